The van der Waals surface area contributed by atoms with E-state index in [-0.39, 0.29) is 0 Å². The van der Waals surface area contributed by atoms with Crippen molar-refractivity contribution < 1.29 is 0 Å². The van der Waals surface area contributed by atoms with Crippen molar-refractivity contribution in [3.63, 3.8) is 0 Å². The van der Waals surface area contributed by atoms with Gasteiger partial charge >= 0.3 is 0 Å². The monoisotopic (exact) mass is 495 g/mol. The van der Waals surface area contributed by atoms with E-state index in [0.29, 0.717) is 0 Å². The van der Waals surface area contributed by atoms with Crippen molar-refractivity contribution in [3.05, 3.63) is 127 Å². The number of pyridine rings is 2. The smallest absolute Gasteiger partial charge is 0.146 e. The zero-order valence-corrected chi connectivity index (χ0v) is 21.0. The second-order valence-corrected chi connectivity index (χ2v) is 10.2. The Morgan fingerprint density at radius 1 is 0.462 bits per heavy atom. The molecule has 0 bridgehead atoms. The molecule has 39 heavy (non-hydrogen) atoms. The van der Waals surface area contributed by atoms with Gasteiger partial charge in [-0.15, -0.1) is 0 Å². The highest BCUT2D eigenvalue weighted by atomic mass is 15.0. The summed E-state index contributed by atoms with van der Waals surface area (Å²) in [6.07, 6.45) is 0. The minimum absolute atomic E-state index is 0.977. The van der Waals surface area contributed by atoms with E-state index >= 15 is 0 Å². The summed E-state index contributed by atoms with van der Waals surface area (Å²) in [6.45, 7) is 0. The second kappa shape index (κ2) is 7.62. The van der Waals surface area contributed by atoms with Crippen LogP contribution in [0.2, 0.25) is 0 Å². The molecule has 0 radical (unpaired) electrons. The normalized spacial score (nSPS) is 12.1. The molecule has 3 heteroatoms. The van der Waals surface area contributed by atoms with Crippen molar-refractivity contribution >= 4 is 70.8 Å². The van der Waals surface area contributed by atoms with Gasteiger partial charge in [0, 0.05) is 32.5 Å². The number of para-hydroxylation sites is 2. The predicted molar refractivity (Wildman–Crippen MR) is 163 cm³/mol. The Labute approximate surface area is 223 Å². The van der Waals surface area contributed by atoms with Crippen LogP contribution in [0.3, 0.4) is 0 Å². The van der Waals surface area contributed by atoms with Crippen LogP contribution in [-0.4, -0.2) is 14.4 Å². The van der Waals surface area contributed by atoms with Crippen LogP contribution in [0.25, 0.3) is 82.1 Å². The van der Waals surface area contributed by atoms with Gasteiger partial charge in [-0.05, 0) is 46.5 Å². The maximum absolute atomic E-state index is 5.36. The molecule has 0 N–H and O–H groups in total. The summed E-state index contributed by atoms with van der Waals surface area (Å²) >= 11 is 0. The van der Waals surface area contributed by atoms with E-state index in [1.54, 1.807) is 0 Å². The van der Waals surface area contributed by atoms with Crippen LogP contribution < -0.4 is 0 Å². The third-order valence-electron chi connectivity index (χ3n) is 8.12. The van der Waals surface area contributed by atoms with Crippen LogP contribution in [0.1, 0.15) is 0 Å². The molecule has 0 saturated heterocycles. The fraction of sp³-hybridized carbons (Fsp3) is 0. The molecule has 0 spiro atoms. The Morgan fingerprint density at radius 2 is 1.15 bits per heavy atom. The molecule has 3 nitrogen and oxygen atoms in total. The molecular weight excluding hydrogens is 474 g/mol. The van der Waals surface area contributed by atoms with Gasteiger partial charge in [-0.1, -0.05) is 97.1 Å². The lowest BCUT2D eigenvalue weighted by molar-refractivity contribution is 1.32. The quantitative estimate of drug-likeness (QED) is 0.212. The fourth-order valence-corrected chi connectivity index (χ4v) is 6.37. The first-order chi connectivity index (χ1) is 19.3. The van der Waals surface area contributed by atoms with Gasteiger partial charge in [0.1, 0.15) is 5.65 Å². The molecule has 0 unspecified atom stereocenters. The molecule has 3 heterocycles. The second-order valence-electron chi connectivity index (χ2n) is 10.2. The molecule has 0 fully saturated rings. The van der Waals surface area contributed by atoms with E-state index in [1.165, 1.54) is 32.3 Å². The van der Waals surface area contributed by atoms with Crippen molar-refractivity contribution in [3.8, 4) is 11.3 Å². The first-order valence-electron chi connectivity index (χ1n) is 13.3. The Balaban J connectivity index is 1.46. The fourth-order valence-electron chi connectivity index (χ4n) is 6.37. The van der Waals surface area contributed by atoms with Crippen molar-refractivity contribution in [1.82, 2.24) is 14.4 Å². The minimum atomic E-state index is 0.977. The zero-order chi connectivity index (χ0) is 25.5. The zero-order valence-electron chi connectivity index (χ0n) is 21.0. The number of hydrogen-bond donors (Lipinski definition) is 0. The predicted octanol–water partition coefficient (Wildman–Crippen LogP) is 9.32. The number of aromatic nitrogens is 3. The first kappa shape index (κ1) is 20.7. The van der Waals surface area contributed by atoms with Crippen molar-refractivity contribution in [2.45, 2.75) is 0 Å². The summed E-state index contributed by atoms with van der Waals surface area (Å²) in [5.41, 5.74) is 7.44. The Bertz CT molecular complexity index is 2450. The molecule has 180 valence electrons. The van der Waals surface area contributed by atoms with Gasteiger partial charge in [-0.2, -0.15) is 0 Å². The van der Waals surface area contributed by atoms with Gasteiger partial charge in [-0.3, -0.25) is 4.40 Å². The highest BCUT2D eigenvalue weighted by Gasteiger charge is 2.19. The van der Waals surface area contributed by atoms with E-state index in [0.717, 1.165) is 49.7 Å². The Morgan fingerprint density at radius 3 is 2.03 bits per heavy atom. The van der Waals surface area contributed by atoms with Crippen LogP contribution in [0, 0.1) is 0 Å². The summed E-state index contributed by atoms with van der Waals surface area (Å²) in [6, 6.07) is 45.3. The summed E-state index contributed by atoms with van der Waals surface area (Å²) in [4.78, 5) is 10.3. The van der Waals surface area contributed by atoms with E-state index < -0.39 is 0 Å². The summed E-state index contributed by atoms with van der Waals surface area (Å²) < 4.78 is 2.37. The Hall–Kier alpha value is -5.28. The number of nitrogens with zero attached hydrogens (tertiary/aromatic N) is 3. The molecule has 9 aromatic rings. The lowest BCUT2D eigenvalue weighted by Crippen LogP contribution is -1.93. The van der Waals surface area contributed by atoms with E-state index in [4.69, 9.17) is 9.97 Å². The third kappa shape index (κ3) is 2.82. The van der Waals surface area contributed by atoms with Crippen molar-refractivity contribution in [2.24, 2.45) is 0 Å². The van der Waals surface area contributed by atoms with Gasteiger partial charge in [0.15, 0.2) is 0 Å². The average Bonchev–Trinajstić information content (AvgIpc) is 3.42. The van der Waals surface area contributed by atoms with Crippen LogP contribution >= 0.6 is 0 Å². The number of benzene rings is 6. The number of hydrogen-bond acceptors (Lipinski definition) is 2. The standard InChI is InChI=1S/C36H21N3/c1-7-15-31-22(9-1)18-20-32(37-31)23-17-19-29-30(21-23)26-12-6-8-16-33(26)39-35-28-14-5-3-11-25(28)24-10-2-4-13-27(24)34(35)38-36(29)39/h1-21H. The molecule has 9 rings (SSSR count). The average molecular weight is 496 g/mol. The van der Waals surface area contributed by atoms with E-state index in [2.05, 4.69) is 126 Å². The number of imidazole rings is 1. The lowest BCUT2D eigenvalue weighted by atomic mass is 9.99. The molecule has 0 saturated carbocycles. The van der Waals surface area contributed by atoms with Crippen LogP contribution in [0.5, 0.6) is 0 Å². The van der Waals surface area contributed by atoms with Crippen molar-refractivity contribution in [1.29, 1.82) is 0 Å². The lowest BCUT2D eigenvalue weighted by Gasteiger charge is -2.12. The summed E-state index contributed by atoms with van der Waals surface area (Å²) in [7, 11) is 0. The molecule has 0 aliphatic heterocycles. The topological polar surface area (TPSA) is 30.2 Å². The van der Waals surface area contributed by atoms with E-state index in [1.807, 2.05) is 6.07 Å². The number of rotatable bonds is 1. The number of fused-ring (bicyclic) bond motifs is 14. The molecular formula is C36H21N3. The first-order valence-corrected chi connectivity index (χ1v) is 13.3. The van der Waals surface area contributed by atoms with Crippen LogP contribution in [0.4, 0.5) is 0 Å². The van der Waals surface area contributed by atoms with Gasteiger partial charge in [0.05, 0.1) is 27.8 Å². The maximum atomic E-state index is 5.36. The molecule has 0 aliphatic carbocycles. The molecule has 6 aromatic carbocycles. The summed E-state index contributed by atoms with van der Waals surface area (Å²) in [5, 5.41) is 9.59. The van der Waals surface area contributed by atoms with Gasteiger partial charge < -0.3 is 0 Å². The molecule has 0 atom stereocenters. The van der Waals surface area contributed by atoms with Crippen molar-refractivity contribution in [2.75, 3.05) is 0 Å². The molecule has 0 aliphatic rings. The van der Waals surface area contributed by atoms with Gasteiger partial charge in [0.25, 0.3) is 0 Å². The van der Waals surface area contributed by atoms with Crippen LogP contribution in [-0.2, 0) is 0 Å². The Kier molecular flexibility index (Phi) is 4.05. The van der Waals surface area contributed by atoms with Gasteiger partial charge in [0.2, 0.25) is 0 Å². The van der Waals surface area contributed by atoms with E-state index in [9.17, 15) is 0 Å². The maximum Gasteiger partial charge on any atom is 0.146 e. The third-order valence-corrected chi connectivity index (χ3v) is 8.12. The highest BCUT2D eigenvalue weighted by molar-refractivity contribution is 6.26. The van der Waals surface area contributed by atoms with Gasteiger partial charge in [-0.25, -0.2) is 9.97 Å². The minimum Gasteiger partial charge on any atom is -0.291 e. The molecule has 3 aromatic heterocycles. The highest BCUT2D eigenvalue weighted by Crippen LogP contribution is 2.40. The largest absolute Gasteiger partial charge is 0.291 e. The van der Waals surface area contributed by atoms with Crippen LogP contribution in [0.15, 0.2) is 127 Å². The summed E-state index contributed by atoms with van der Waals surface area (Å²) in [5.74, 6) is 0. The SMILES string of the molecule is c1ccc2nc(-c3ccc4c(c3)c3ccccc3n3c4nc4c5ccccc5c5ccccc5c43)ccc2c1. The molecule has 0 amide bonds.